The summed E-state index contributed by atoms with van der Waals surface area (Å²) in [5.41, 5.74) is 20.8. The number of nitrogens with one attached hydrogen (secondary N) is 3. The lowest BCUT2D eigenvalue weighted by molar-refractivity contribution is -0.147. The first kappa shape index (κ1) is 31.7. The van der Waals surface area contributed by atoms with Crippen molar-refractivity contribution >= 4 is 47.4 Å². The molecule has 0 bridgehead atoms. The summed E-state index contributed by atoms with van der Waals surface area (Å²) in [5, 5.41) is 24.3. The highest BCUT2D eigenvalue weighted by molar-refractivity contribution is 5.95. The smallest absolute Gasteiger partial charge is 0.326 e. The van der Waals surface area contributed by atoms with Crippen molar-refractivity contribution in [3.63, 3.8) is 0 Å². The lowest BCUT2D eigenvalue weighted by Gasteiger charge is -2.24. The van der Waals surface area contributed by atoms with Crippen LogP contribution in [0.4, 0.5) is 0 Å². The van der Waals surface area contributed by atoms with Gasteiger partial charge in [0.25, 0.3) is 0 Å². The summed E-state index contributed by atoms with van der Waals surface area (Å²) in [5.74, 6) is -8.64. The van der Waals surface area contributed by atoms with Gasteiger partial charge in [-0.05, 0) is 19.3 Å². The number of nitrogens with two attached hydrogens (primary N) is 4. The molecular formula is C19H31N7O10. The van der Waals surface area contributed by atoms with Gasteiger partial charge in [0.1, 0.15) is 18.1 Å². The van der Waals surface area contributed by atoms with Crippen LogP contribution in [0.3, 0.4) is 0 Å². The number of amides is 6. The second-order valence-corrected chi connectivity index (χ2v) is 7.74. The van der Waals surface area contributed by atoms with E-state index < -0.39 is 90.8 Å². The number of primary amides is 3. The Morgan fingerprint density at radius 3 is 1.31 bits per heavy atom. The number of rotatable bonds is 18. The monoisotopic (exact) mass is 517 g/mol. The van der Waals surface area contributed by atoms with Gasteiger partial charge in [-0.25, -0.2) is 4.79 Å². The van der Waals surface area contributed by atoms with Crippen LogP contribution in [0, 0.1) is 0 Å². The Hall–Kier alpha value is -4.28. The van der Waals surface area contributed by atoms with Crippen LogP contribution in [0.1, 0.15) is 44.9 Å². The minimum Gasteiger partial charge on any atom is -0.481 e. The first-order valence-electron chi connectivity index (χ1n) is 10.6. The Morgan fingerprint density at radius 2 is 0.944 bits per heavy atom. The summed E-state index contributed by atoms with van der Waals surface area (Å²) in [6, 6.07) is -6.13. The number of carbonyl (C=O) groups excluding carboxylic acids is 6. The summed E-state index contributed by atoms with van der Waals surface area (Å²) in [7, 11) is 0. The van der Waals surface area contributed by atoms with Crippen LogP contribution in [0.2, 0.25) is 0 Å². The first-order chi connectivity index (χ1) is 16.6. The van der Waals surface area contributed by atoms with E-state index in [-0.39, 0.29) is 25.7 Å². The van der Waals surface area contributed by atoms with Crippen molar-refractivity contribution in [1.82, 2.24) is 16.0 Å². The molecule has 0 spiro atoms. The first-order valence-corrected chi connectivity index (χ1v) is 10.6. The predicted molar refractivity (Wildman–Crippen MR) is 119 cm³/mol. The van der Waals surface area contributed by atoms with Crippen molar-refractivity contribution in [2.75, 3.05) is 0 Å². The highest BCUT2D eigenvalue weighted by atomic mass is 16.4. The van der Waals surface area contributed by atoms with Crippen LogP contribution in [0.5, 0.6) is 0 Å². The van der Waals surface area contributed by atoms with E-state index in [1.165, 1.54) is 0 Å². The number of carbonyl (C=O) groups is 8. The summed E-state index contributed by atoms with van der Waals surface area (Å²) >= 11 is 0. The molecule has 6 amide bonds. The van der Waals surface area contributed by atoms with Gasteiger partial charge in [-0.3, -0.25) is 33.6 Å². The van der Waals surface area contributed by atoms with Crippen LogP contribution in [0.25, 0.3) is 0 Å². The maximum Gasteiger partial charge on any atom is 0.326 e. The van der Waals surface area contributed by atoms with Crippen LogP contribution in [-0.4, -0.2) is 81.8 Å². The third kappa shape index (κ3) is 13.4. The zero-order chi connectivity index (χ0) is 28.0. The summed E-state index contributed by atoms with van der Waals surface area (Å²) in [4.78, 5) is 93.1. The van der Waals surface area contributed by atoms with Gasteiger partial charge in [-0.1, -0.05) is 0 Å². The minimum absolute atomic E-state index is 0.144. The molecule has 0 rings (SSSR count). The van der Waals surface area contributed by atoms with Crippen molar-refractivity contribution in [3.8, 4) is 0 Å². The van der Waals surface area contributed by atoms with Crippen LogP contribution >= 0.6 is 0 Å². The molecule has 0 aromatic rings. The predicted octanol–water partition coefficient (Wildman–Crippen LogP) is -4.88. The normalized spacial score (nSPS) is 13.8. The highest BCUT2D eigenvalue weighted by Gasteiger charge is 2.31. The molecule has 0 radical (unpaired) electrons. The lowest BCUT2D eigenvalue weighted by Crippen LogP contribution is -2.57. The standard InChI is InChI=1S/C19H31N7O10/c20-8(1-4-12(21)27)16(32)24-9(2-5-13(22)28)17(33)25-10(3-6-14(23)29)18(34)26-11(19(35)36)7-15(30)31/h8-11H,1-7,20H2,(H2,21,27)(H2,22,28)(H2,23,29)(H,24,32)(H,25,33)(H,26,34)(H,30,31)(H,35,36). The van der Waals surface area contributed by atoms with E-state index >= 15 is 0 Å². The van der Waals surface area contributed by atoms with Gasteiger partial charge < -0.3 is 49.1 Å². The molecule has 36 heavy (non-hydrogen) atoms. The number of hydrogen-bond donors (Lipinski definition) is 9. The molecule has 17 nitrogen and oxygen atoms in total. The molecule has 202 valence electrons. The van der Waals surface area contributed by atoms with Gasteiger partial charge in [0.05, 0.1) is 12.5 Å². The van der Waals surface area contributed by atoms with Crippen LogP contribution < -0.4 is 38.9 Å². The summed E-state index contributed by atoms with van der Waals surface area (Å²) < 4.78 is 0. The van der Waals surface area contributed by atoms with Crippen molar-refractivity contribution < 1.29 is 48.6 Å². The van der Waals surface area contributed by atoms with E-state index in [1.54, 1.807) is 0 Å². The van der Waals surface area contributed by atoms with Crippen molar-refractivity contribution in [1.29, 1.82) is 0 Å². The van der Waals surface area contributed by atoms with Crippen molar-refractivity contribution in [2.24, 2.45) is 22.9 Å². The number of hydrogen-bond acceptors (Lipinski definition) is 9. The molecule has 0 aliphatic carbocycles. The molecule has 0 aromatic carbocycles. The molecule has 4 unspecified atom stereocenters. The van der Waals surface area contributed by atoms with E-state index in [4.69, 9.17) is 33.1 Å². The second kappa shape index (κ2) is 15.6. The fraction of sp³-hybridized carbons (Fsp3) is 0.579. The second-order valence-electron chi connectivity index (χ2n) is 7.74. The highest BCUT2D eigenvalue weighted by Crippen LogP contribution is 2.05. The Labute approximate surface area is 204 Å². The molecular weight excluding hydrogens is 486 g/mol. The minimum atomic E-state index is -1.85. The molecule has 0 fully saturated rings. The van der Waals surface area contributed by atoms with Gasteiger partial charge in [-0.15, -0.1) is 0 Å². The maximum atomic E-state index is 12.8. The van der Waals surface area contributed by atoms with Gasteiger partial charge in [0.15, 0.2) is 0 Å². The van der Waals surface area contributed by atoms with Crippen LogP contribution in [0.15, 0.2) is 0 Å². The van der Waals surface area contributed by atoms with E-state index in [0.717, 1.165) is 0 Å². The molecule has 0 aliphatic heterocycles. The van der Waals surface area contributed by atoms with E-state index in [1.807, 2.05) is 5.32 Å². The molecule has 0 aromatic heterocycles. The van der Waals surface area contributed by atoms with Gasteiger partial charge >= 0.3 is 11.9 Å². The van der Waals surface area contributed by atoms with Gasteiger partial charge in [-0.2, -0.15) is 0 Å². The average Bonchev–Trinajstić information content (AvgIpc) is 2.75. The molecule has 4 atom stereocenters. The lowest BCUT2D eigenvalue weighted by atomic mass is 10.1. The molecule has 0 aliphatic rings. The van der Waals surface area contributed by atoms with E-state index in [0.29, 0.717) is 0 Å². The quantitative estimate of drug-likeness (QED) is 0.0829. The zero-order valence-electron chi connectivity index (χ0n) is 19.2. The number of aliphatic carboxylic acids is 2. The van der Waals surface area contributed by atoms with E-state index in [9.17, 15) is 38.4 Å². The molecule has 17 heteroatoms. The average molecular weight is 517 g/mol. The zero-order valence-corrected chi connectivity index (χ0v) is 19.2. The fourth-order valence-corrected chi connectivity index (χ4v) is 2.74. The van der Waals surface area contributed by atoms with Crippen LogP contribution in [-0.2, 0) is 38.4 Å². The molecule has 0 saturated carbocycles. The molecule has 0 heterocycles. The maximum absolute atomic E-state index is 12.8. The van der Waals surface area contributed by atoms with Gasteiger partial charge in [0, 0.05) is 19.3 Å². The third-order valence-electron chi connectivity index (χ3n) is 4.66. The van der Waals surface area contributed by atoms with Crippen molar-refractivity contribution in [3.05, 3.63) is 0 Å². The number of carboxylic acid groups (broad SMARTS) is 2. The summed E-state index contributed by atoms with van der Waals surface area (Å²) in [6.07, 6.45) is -2.86. The Morgan fingerprint density at radius 1 is 0.583 bits per heavy atom. The topological polar surface area (TPSA) is 317 Å². The fourth-order valence-electron chi connectivity index (χ4n) is 2.74. The Bertz CT molecular complexity index is 879. The summed E-state index contributed by atoms with van der Waals surface area (Å²) in [6.45, 7) is 0. The number of carboxylic acids is 2. The molecule has 0 saturated heterocycles. The van der Waals surface area contributed by atoms with Gasteiger partial charge in [0.2, 0.25) is 35.4 Å². The Balaban J connectivity index is 5.64. The largest absolute Gasteiger partial charge is 0.481 e. The SMILES string of the molecule is NC(=O)CCC(N)C(=O)NC(CCC(N)=O)C(=O)NC(CCC(N)=O)C(=O)NC(CC(=O)O)C(=O)O. The third-order valence-corrected chi connectivity index (χ3v) is 4.66. The molecule has 13 N–H and O–H groups in total. The van der Waals surface area contributed by atoms with E-state index in [2.05, 4.69) is 10.6 Å². The van der Waals surface area contributed by atoms with Crippen molar-refractivity contribution in [2.45, 2.75) is 69.1 Å². The Kier molecular flexibility index (Phi) is 13.7.